The molecule has 0 heterocycles. The fourth-order valence-electron chi connectivity index (χ4n) is 1.75. The molecule has 0 atom stereocenters. The summed E-state index contributed by atoms with van der Waals surface area (Å²) in [6, 6.07) is 3.43. The van der Waals surface area contributed by atoms with Crippen LogP contribution < -0.4 is 5.73 Å². The Morgan fingerprint density at radius 3 is 2.35 bits per heavy atom. The van der Waals surface area contributed by atoms with Crippen molar-refractivity contribution in [1.29, 1.82) is 0 Å². The van der Waals surface area contributed by atoms with E-state index in [-0.39, 0.29) is 6.61 Å². The largest absolute Gasteiger partial charge is 0.469 e. The summed E-state index contributed by atoms with van der Waals surface area (Å²) in [7, 11) is 1.30. The fraction of sp³-hybridized carbons (Fsp3) is 0.467. The zero-order chi connectivity index (χ0) is 15.5. The molecule has 1 aromatic carbocycles. The topological polar surface area (TPSA) is 78.6 Å². The number of carbonyl (C=O) groups is 2. The van der Waals surface area contributed by atoms with Crippen molar-refractivity contribution in [2.24, 2.45) is 5.41 Å². The molecule has 0 saturated heterocycles. The van der Waals surface area contributed by atoms with Crippen LogP contribution in [0, 0.1) is 19.3 Å². The molecular weight excluding hydrogens is 258 g/mol. The lowest BCUT2D eigenvalue weighted by atomic mass is 9.95. The van der Waals surface area contributed by atoms with Crippen molar-refractivity contribution in [1.82, 2.24) is 0 Å². The Morgan fingerprint density at radius 2 is 1.80 bits per heavy atom. The lowest BCUT2D eigenvalue weighted by molar-refractivity contribution is -0.152. The summed E-state index contributed by atoms with van der Waals surface area (Å²) in [5.74, 6) is -0.920. The van der Waals surface area contributed by atoms with Gasteiger partial charge in [-0.3, -0.25) is 4.79 Å². The number of esters is 2. The van der Waals surface area contributed by atoms with E-state index < -0.39 is 17.4 Å². The van der Waals surface area contributed by atoms with Crippen molar-refractivity contribution < 1.29 is 19.1 Å². The van der Waals surface area contributed by atoms with Gasteiger partial charge in [0.2, 0.25) is 0 Å². The summed E-state index contributed by atoms with van der Waals surface area (Å²) in [5, 5.41) is 0. The zero-order valence-corrected chi connectivity index (χ0v) is 12.6. The van der Waals surface area contributed by atoms with Crippen LogP contribution in [0.3, 0.4) is 0 Å². The molecule has 0 bridgehead atoms. The summed E-state index contributed by atoms with van der Waals surface area (Å²) in [5.41, 5.74) is 7.56. The van der Waals surface area contributed by atoms with Gasteiger partial charge in [0.05, 0.1) is 18.1 Å². The van der Waals surface area contributed by atoms with E-state index in [1.165, 1.54) is 7.11 Å². The monoisotopic (exact) mass is 279 g/mol. The van der Waals surface area contributed by atoms with Gasteiger partial charge in [-0.1, -0.05) is 6.07 Å². The molecule has 0 aliphatic heterocycles. The number of hydrogen-bond acceptors (Lipinski definition) is 5. The van der Waals surface area contributed by atoms with Gasteiger partial charge in [-0.25, -0.2) is 4.79 Å². The van der Waals surface area contributed by atoms with E-state index in [1.807, 2.05) is 19.9 Å². The molecule has 5 nitrogen and oxygen atoms in total. The molecule has 1 rings (SSSR count). The fourth-order valence-corrected chi connectivity index (χ4v) is 1.75. The van der Waals surface area contributed by atoms with Crippen molar-refractivity contribution in [3.63, 3.8) is 0 Å². The quantitative estimate of drug-likeness (QED) is 0.675. The molecule has 1 aromatic rings. The molecule has 0 saturated carbocycles. The first-order valence-electron chi connectivity index (χ1n) is 6.31. The van der Waals surface area contributed by atoms with Gasteiger partial charge in [0, 0.05) is 5.69 Å². The highest BCUT2D eigenvalue weighted by Crippen LogP contribution is 2.21. The predicted molar refractivity (Wildman–Crippen MR) is 76.4 cm³/mol. The number of aryl methyl sites for hydroxylation is 2. The zero-order valence-electron chi connectivity index (χ0n) is 12.6. The Bertz CT molecular complexity index is 535. The lowest BCUT2D eigenvalue weighted by Crippen LogP contribution is -2.32. The lowest BCUT2D eigenvalue weighted by Gasteiger charge is -2.21. The van der Waals surface area contributed by atoms with Crippen molar-refractivity contribution >= 4 is 17.6 Å². The molecular formula is C15H21NO4. The van der Waals surface area contributed by atoms with Crippen molar-refractivity contribution in [3.8, 4) is 0 Å². The number of benzene rings is 1. The second kappa shape index (κ2) is 5.94. The number of rotatable bonds is 4. The Hall–Kier alpha value is -2.04. The van der Waals surface area contributed by atoms with Gasteiger partial charge in [0.25, 0.3) is 0 Å². The molecule has 0 unspecified atom stereocenters. The van der Waals surface area contributed by atoms with Gasteiger partial charge >= 0.3 is 11.9 Å². The molecule has 0 radical (unpaired) electrons. The second-order valence-corrected chi connectivity index (χ2v) is 5.48. The predicted octanol–water partition coefficient (Wildman–Crippen LogP) is 2.24. The maximum Gasteiger partial charge on any atom is 0.338 e. The maximum absolute atomic E-state index is 12.1. The number of anilines is 1. The van der Waals surface area contributed by atoms with Gasteiger partial charge in [0.15, 0.2) is 0 Å². The number of nitrogen functional groups attached to an aromatic ring is 1. The smallest absolute Gasteiger partial charge is 0.338 e. The summed E-state index contributed by atoms with van der Waals surface area (Å²) >= 11 is 0. The number of methoxy groups -OCH3 is 1. The van der Waals surface area contributed by atoms with Crippen LogP contribution >= 0.6 is 0 Å². The molecule has 0 aliphatic carbocycles. The van der Waals surface area contributed by atoms with E-state index in [9.17, 15) is 9.59 Å². The van der Waals surface area contributed by atoms with E-state index in [0.29, 0.717) is 11.3 Å². The number of hydrogen-bond donors (Lipinski definition) is 1. The van der Waals surface area contributed by atoms with Crippen LogP contribution in [0.25, 0.3) is 0 Å². The van der Waals surface area contributed by atoms with Gasteiger partial charge in [-0.2, -0.15) is 0 Å². The molecule has 2 N–H and O–H groups in total. The van der Waals surface area contributed by atoms with Crippen LogP contribution in [0.5, 0.6) is 0 Å². The Balaban J connectivity index is 2.83. The van der Waals surface area contributed by atoms with Crippen LogP contribution in [-0.2, 0) is 14.3 Å². The number of nitrogens with two attached hydrogens (primary N) is 1. The molecule has 5 heteroatoms. The van der Waals surface area contributed by atoms with Gasteiger partial charge in [-0.15, -0.1) is 0 Å². The molecule has 110 valence electrons. The average Bonchev–Trinajstić information content (AvgIpc) is 2.39. The van der Waals surface area contributed by atoms with Crippen LogP contribution in [-0.4, -0.2) is 25.7 Å². The summed E-state index contributed by atoms with van der Waals surface area (Å²) in [6.45, 7) is 6.95. The Kier molecular flexibility index (Phi) is 4.76. The summed E-state index contributed by atoms with van der Waals surface area (Å²) in [4.78, 5) is 23.6. The first kappa shape index (κ1) is 16.0. The van der Waals surface area contributed by atoms with Gasteiger partial charge in [-0.05, 0) is 44.9 Å². The van der Waals surface area contributed by atoms with E-state index >= 15 is 0 Å². The van der Waals surface area contributed by atoms with Crippen LogP contribution in [0.4, 0.5) is 5.69 Å². The van der Waals surface area contributed by atoms with Crippen molar-refractivity contribution in [3.05, 3.63) is 28.8 Å². The first-order chi connectivity index (χ1) is 9.19. The highest BCUT2D eigenvalue weighted by atomic mass is 16.5. The second-order valence-electron chi connectivity index (χ2n) is 5.48. The van der Waals surface area contributed by atoms with Crippen molar-refractivity contribution in [2.75, 3.05) is 19.5 Å². The van der Waals surface area contributed by atoms with Gasteiger partial charge in [0.1, 0.15) is 6.61 Å². The van der Waals surface area contributed by atoms with E-state index in [2.05, 4.69) is 4.74 Å². The molecule has 0 amide bonds. The van der Waals surface area contributed by atoms with E-state index in [1.54, 1.807) is 19.9 Å². The first-order valence-corrected chi connectivity index (χ1v) is 6.31. The minimum Gasteiger partial charge on any atom is -0.469 e. The molecule has 20 heavy (non-hydrogen) atoms. The highest BCUT2D eigenvalue weighted by Gasteiger charge is 2.31. The third kappa shape index (κ3) is 3.50. The molecule has 0 fully saturated rings. The average molecular weight is 279 g/mol. The SMILES string of the molecule is COC(=O)C(C)(C)COC(=O)c1cc(N)c(C)cc1C. The number of carbonyl (C=O) groups excluding carboxylic acids is 2. The maximum atomic E-state index is 12.1. The minimum atomic E-state index is -0.880. The summed E-state index contributed by atoms with van der Waals surface area (Å²) < 4.78 is 9.86. The third-order valence-electron chi connectivity index (χ3n) is 3.14. The van der Waals surface area contributed by atoms with E-state index in [4.69, 9.17) is 10.5 Å². The van der Waals surface area contributed by atoms with E-state index in [0.717, 1.165) is 11.1 Å². The number of ether oxygens (including phenoxy) is 2. The summed E-state index contributed by atoms with van der Waals surface area (Å²) in [6.07, 6.45) is 0. The van der Waals surface area contributed by atoms with Crippen molar-refractivity contribution in [2.45, 2.75) is 27.7 Å². The Labute approximate surface area is 119 Å². The molecule has 0 aromatic heterocycles. The van der Waals surface area contributed by atoms with Crippen LogP contribution in [0.2, 0.25) is 0 Å². The van der Waals surface area contributed by atoms with Crippen LogP contribution in [0.15, 0.2) is 12.1 Å². The minimum absolute atomic E-state index is 0.0499. The third-order valence-corrected chi connectivity index (χ3v) is 3.14. The van der Waals surface area contributed by atoms with Gasteiger partial charge < -0.3 is 15.2 Å². The normalized spacial score (nSPS) is 11.1. The van der Waals surface area contributed by atoms with Crippen LogP contribution in [0.1, 0.15) is 35.3 Å². The molecule has 0 spiro atoms. The highest BCUT2D eigenvalue weighted by molar-refractivity contribution is 5.92. The Morgan fingerprint density at radius 1 is 1.20 bits per heavy atom. The molecule has 0 aliphatic rings. The standard InChI is InChI=1S/C15H21NO4/c1-9-6-10(2)12(16)7-11(9)13(17)20-8-15(3,4)14(18)19-5/h6-7H,8,16H2,1-5H3.